The van der Waals surface area contributed by atoms with E-state index in [1.54, 1.807) is 18.6 Å². The zero-order chi connectivity index (χ0) is 17.8. The maximum atomic E-state index is 4.69. The normalized spacial score (nSPS) is 17.1. The van der Waals surface area contributed by atoms with Crippen LogP contribution in [0.4, 0.5) is 17.5 Å². The Hall–Kier alpha value is -3.09. The van der Waals surface area contributed by atoms with Crippen LogP contribution in [-0.2, 0) is 0 Å². The number of hydrogen-bond donors (Lipinski definition) is 1. The maximum Gasteiger partial charge on any atom is 0.147 e. The number of nitrogens with zero attached hydrogens (tertiary/aromatic N) is 6. The fraction of sp³-hybridized carbons (Fsp3) is 0.316. The first kappa shape index (κ1) is 16.4. The van der Waals surface area contributed by atoms with Crippen LogP contribution in [0.3, 0.4) is 0 Å². The first-order chi connectivity index (χ1) is 12.8. The molecular formula is C19H21N7. The minimum absolute atomic E-state index is 0.344. The van der Waals surface area contributed by atoms with Crippen LogP contribution in [0, 0.1) is 6.92 Å². The van der Waals surface area contributed by atoms with Crippen molar-refractivity contribution in [3.8, 4) is 0 Å². The van der Waals surface area contributed by atoms with Crippen LogP contribution in [0.1, 0.15) is 30.3 Å². The number of aromatic nitrogens is 5. The summed E-state index contributed by atoms with van der Waals surface area (Å²) in [6.07, 6.45) is 9.24. The molecular weight excluding hydrogens is 326 g/mol. The van der Waals surface area contributed by atoms with Gasteiger partial charge in [0.2, 0.25) is 0 Å². The molecule has 1 N–H and O–H groups in total. The van der Waals surface area contributed by atoms with Crippen molar-refractivity contribution in [1.29, 1.82) is 0 Å². The van der Waals surface area contributed by atoms with Gasteiger partial charge in [-0.15, -0.1) is 0 Å². The van der Waals surface area contributed by atoms with Crippen molar-refractivity contribution in [1.82, 2.24) is 24.9 Å². The third-order valence-corrected chi connectivity index (χ3v) is 4.49. The molecule has 0 aromatic carbocycles. The second-order valence-corrected chi connectivity index (χ2v) is 6.41. The summed E-state index contributed by atoms with van der Waals surface area (Å²) in [5.41, 5.74) is 1.06. The van der Waals surface area contributed by atoms with E-state index in [9.17, 15) is 0 Å². The molecule has 0 spiro atoms. The molecule has 0 amide bonds. The zero-order valence-electron chi connectivity index (χ0n) is 14.7. The van der Waals surface area contributed by atoms with E-state index in [1.807, 2.05) is 37.4 Å². The van der Waals surface area contributed by atoms with Gasteiger partial charge in [0.25, 0.3) is 0 Å². The fourth-order valence-electron chi connectivity index (χ4n) is 3.31. The Bertz CT molecular complexity index is 854. The third kappa shape index (κ3) is 3.77. The van der Waals surface area contributed by atoms with Crippen molar-refractivity contribution >= 4 is 17.5 Å². The van der Waals surface area contributed by atoms with Crippen LogP contribution in [0.15, 0.2) is 49.1 Å². The lowest BCUT2D eigenvalue weighted by molar-refractivity contribution is 0.497. The average molecular weight is 347 g/mol. The molecule has 1 saturated heterocycles. The summed E-state index contributed by atoms with van der Waals surface area (Å²) in [5, 5.41) is 3.27. The highest BCUT2D eigenvalue weighted by atomic mass is 15.2. The van der Waals surface area contributed by atoms with Crippen molar-refractivity contribution in [2.24, 2.45) is 0 Å². The highest BCUT2D eigenvalue weighted by Gasteiger charge is 2.24. The topological polar surface area (TPSA) is 79.7 Å². The largest absolute Gasteiger partial charge is 0.355 e. The second-order valence-electron chi connectivity index (χ2n) is 6.41. The Morgan fingerprint density at radius 2 is 2.04 bits per heavy atom. The van der Waals surface area contributed by atoms with Gasteiger partial charge < -0.3 is 10.2 Å². The van der Waals surface area contributed by atoms with Gasteiger partial charge in [-0.2, -0.15) is 0 Å². The predicted molar refractivity (Wildman–Crippen MR) is 101 cm³/mol. The minimum atomic E-state index is 0.344. The summed E-state index contributed by atoms with van der Waals surface area (Å²) in [5.74, 6) is 3.59. The second kappa shape index (κ2) is 7.43. The monoisotopic (exact) mass is 347 g/mol. The van der Waals surface area contributed by atoms with Crippen molar-refractivity contribution < 1.29 is 0 Å². The van der Waals surface area contributed by atoms with Crippen LogP contribution in [0.5, 0.6) is 0 Å². The fourth-order valence-corrected chi connectivity index (χ4v) is 3.31. The lowest BCUT2D eigenvalue weighted by atomic mass is 9.94. The summed E-state index contributed by atoms with van der Waals surface area (Å²) >= 11 is 0. The van der Waals surface area contributed by atoms with Crippen LogP contribution < -0.4 is 10.2 Å². The van der Waals surface area contributed by atoms with E-state index < -0.39 is 0 Å². The average Bonchev–Trinajstić information content (AvgIpc) is 2.69. The Balaban J connectivity index is 1.55. The van der Waals surface area contributed by atoms with Crippen molar-refractivity contribution in [2.45, 2.75) is 25.7 Å². The van der Waals surface area contributed by atoms with Crippen molar-refractivity contribution in [3.05, 3.63) is 60.6 Å². The van der Waals surface area contributed by atoms with Gasteiger partial charge in [0.15, 0.2) is 0 Å². The number of rotatable bonds is 4. The number of aryl methyl sites for hydroxylation is 1. The van der Waals surface area contributed by atoms with E-state index >= 15 is 0 Å². The molecule has 1 aliphatic heterocycles. The van der Waals surface area contributed by atoms with E-state index in [1.165, 1.54) is 0 Å². The van der Waals surface area contributed by atoms with Crippen LogP contribution in [0.25, 0.3) is 0 Å². The Kier molecular flexibility index (Phi) is 4.68. The minimum Gasteiger partial charge on any atom is -0.355 e. The molecule has 1 aliphatic rings. The molecule has 7 heteroatoms. The summed E-state index contributed by atoms with van der Waals surface area (Å²) in [7, 11) is 0. The molecule has 0 saturated carbocycles. The van der Waals surface area contributed by atoms with Gasteiger partial charge in [-0.25, -0.2) is 19.9 Å². The van der Waals surface area contributed by atoms with Crippen molar-refractivity contribution in [2.75, 3.05) is 23.3 Å². The van der Waals surface area contributed by atoms with Gasteiger partial charge in [-0.1, -0.05) is 6.07 Å². The molecule has 1 atom stereocenters. The lowest BCUT2D eigenvalue weighted by Gasteiger charge is -2.33. The predicted octanol–water partition coefficient (Wildman–Crippen LogP) is 3.10. The SMILES string of the molecule is Cc1nc(Nc2ccccn2)cc([C@H]2CCCN(c3cnccn3)C2)n1. The molecule has 4 rings (SSSR count). The van der Waals surface area contributed by atoms with Crippen LogP contribution >= 0.6 is 0 Å². The molecule has 7 nitrogen and oxygen atoms in total. The van der Waals surface area contributed by atoms with E-state index in [-0.39, 0.29) is 0 Å². The molecule has 132 valence electrons. The van der Waals surface area contributed by atoms with E-state index in [0.717, 1.165) is 54.9 Å². The summed E-state index contributed by atoms with van der Waals surface area (Å²) < 4.78 is 0. The highest BCUT2D eigenvalue weighted by molar-refractivity contribution is 5.52. The first-order valence-corrected chi connectivity index (χ1v) is 8.82. The summed E-state index contributed by atoms with van der Waals surface area (Å²) in [6, 6.07) is 7.80. The standard InChI is InChI=1S/C19H21N7/c1-14-23-16(11-18(24-14)25-17-6-2-3-7-21-17)15-5-4-10-26(13-15)19-12-20-8-9-22-19/h2-3,6-9,11-12,15H,4-5,10,13H2,1H3,(H,21,23,24,25)/t15-/m0/s1. The maximum absolute atomic E-state index is 4.69. The Morgan fingerprint density at radius 3 is 2.85 bits per heavy atom. The number of piperidine rings is 1. The zero-order valence-corrected chi connectivity index (χ0v) is 14.7. The molecule has 0 aliphatic carbocycles. The molecule has 0 radical (unpaired) electrons. The number of pyridine rings is 1. The van der Waals surface area contributed by atoms with E-state index in [0.29, 0.717) is 5.92 Å². The molecule has 26 heavy (non-hydrogen) atoms. The van der Waals surface area contributed by atoms with Gasteiger partial charge in [0.1, 0.15) is 23.3 Å². The summed E-state index contributed by atoms with van der Waals surface area (Å²) in [6.45, 7) is 3.81. The number of nitrogens with one attached hydrogen (secondary N) is 1. The third-order valence-electron chi connectivity index (χ3n) is 4.49. The summed E-state index contributed by atoms with van der Waals surface area (Å²) in [4.78, 5) is 24.4. The van der Waals surface area contributed by atoms with Crippen LogP contribution in [-0.4, -0.2) is 38.0 Å². The number of hydrogen-bond acceptors (Lipinski definition) is 7. The smallest absolute Gasteiger partial charge is 0.147 e. The number of anilines is 3. The Labute approximate surface area is 152 Å². The first-order valence-electron chi connectivity index (χ1n) is 8.82. The molecule has 0 bridgehead atoms. The van der Waals surface area contributed by atoms with Crippen LogP contribution in [0.2, 0.25) is 0 Å². The molecule has 3 aromatic heterocycles. The molecule has 0 unspecified atom stereocenters. The highest BCUT2D eigenvalue weighted by Crippen LogP contribution is 2.29. The molecule has 3 aromatic rings. The van der Waals surface area contributed by atoms with E-state index in [2.05, 4.69) is 30.2 Å². The molecule has 4 heterocycles. The lowest BCUT2D eigenvalue weighted by Crippen LogP contribution is -2.35. The van der Waals surface area contributed by atoms with Gasteiger partial charge in [-0.05, 0) is 31.9 Å². The quantitative estimate of drug-likeness (QED) is 0.777. The van der Waals surface area contributed by atoms with E-state index in [4.69, 9.17) is 4.98 Å². The Morgan fingerprint density at radius 1 is 1.08 bits per heavy atom. The molecule has 1 fully saturated rings. The van der Waals surface area contributed by atoms with Gasteiger partial charge in [0.05, 0.1) is 11.9 Å². The van der Waals surface area contributed by atoms with Gasteiger partial charge in [-0.3, -0.25) is 4.98 Å². The van der Waals surface area contributed by atoms with Crippen molar-refractivity contribution in [3.63, 3.8) is 0 Å². The van der Waals surface area contributed by atoms with Gasteiger partial charge >= 0.3 is 0 Å². The van der Waals surface area contributed by atoms with Gasteiger partial charge in [0, 0.05) is 43.7 Å².